The monoisotopic (exact) mass is 720 g/mol. The van der Waals surface area contributed by atoms with Crippen LogP contribution in [0.4, 0.5) is 0 Å². The maximum absolute atomic E-state index is 13.2. The van der Waals surface area contributed by atoms with Crippen molar-refractivity contribution in [2.45, 2.75) is 42.2 Å². The van der Waals surface area contributed by atoms with E-state index in [1.54, 1.807) is 0 Å². The molecule has 0 unspecified atom stereocenters. The Kier molecular flexibility index (Phi) is 13.5. The Hall–Kier alpha value is -1.51. The lowest BCUT2D eigenvalue weighted by atomic mass is 10.0. The highest BCUT2D eigenvalue weighted by Gasteiger charge is 2.32. The van der Waals surface area contributed by atoms with Crippen molar-refractivity contribution in [3.63, 3.8) is 0 Å². The number of hydrogen-bond donors (Lipinski definition) is 4. The first-order valence-electron chi connectivity index (χ1n) is 12.1. The van der Waals surface area contributed by atoms with Gasteiger partial charge in [-0.1, -0.05) is 90.6 Å². The largest absolute Gasteiger partial charge is 0.505 e. The number of phenolic OH excluding ortho intramolecular Hbond substituents is 2. The minimum Gasteiger partial charge on any atom is -0.505 e. The highest BCUT2D eigenvalue weighted by Crippen LogP contribution is 2.37. The number of aliphatic hydroxyl groups excluding tert-OH is 1. The summed E-state index contributed by atoms with van der Waals surface area (Å²) in [5.41, 5.74) is 7.07. The molecule has 16 heteroatoms. The Balaban J connectivity index is 0.000000395. The predicted molar refractivity (Wildman–Crippen MR) is 167 cm³/mol. The molecular weight excluding hydrogens is 694 g/mol. The second-order valence-electron chi connectivity index (χ2n) is 9.54. The molecule has 0 heterocycles. The van der Waals surface area contributed by atoms with Gasteiger partial charge in [0.1, 0.15) is 9.79 Å². The van der Waals surface area contributed by atoms with Crippen molar-refractivity contribution in [3.05, 3.63) is 80.3 Å². The highest BCUT2D eigenvalue weighted by molar-refractivity contribution is 8.13. The topological polar surface area (TPSA) is 158 Å². The van der Waals surface area contributed by atoms with E-state index in [0.29, 0.717) is 6.42 Å². The molecule has 0 radical (unpaired) electrons. The minimum absolute atomic E-state index is 0.0286. The molecule has 3 aromatic rings. The zero-order valence-corrected chi connectivity index (χ0v) is 27.7. The van der Waals surface area contributed by atoms with E-state index in [2.05, 4.69) is 0 Å². The van der Waals surface area contributed by atoms with Crippen LogP contribution in [-0.2, 0) is 25.5 Å². The van der Waals surface area contributed by atoms with Gasteiger partial charge in [-0.3, -0.25) is 0 Å². The summed E-state index contributed by atoms with van der Waals surface area (Å²) in [5, 5.41) is 29.8. The van der Waals surface area contributed by atoms with Crippen LogP contribution in [0.15, 0.2) is 64.4 Å². The van der Waals surface area contributed by atoms with E-state index in [1.165, 1.54) is 12.1 Å². The summed E-state index contributed by atoms with van der Waals surface area (Å²) in [4.78, 5) is -0.897. The zero-order valence-electron chi connectivity index (χ0n) is 22.3. The molecule has 3 aromatic carbocycles. The first-order valence-corrected chi connectivity index (χ1v) is 17.4. The number of phenols is 2. The van der Waals surface area contributed by atoms with Gasteiger partial charge in [-0.2, -0.15) is 4.31 Å². The fraction of sp³-hybridized carbons (Fsp3) is 0.308. The van der Waals surface area contributed by atoms with E-state index < -0.39 is 52.5 Å². The standard InChI is InChI=1S/C20H26Cl2N2O4S.C6H3Cl3O3S/c1-13(2)11-24(12-18(25)17(23)8-14-6-4-3-5-7-14)29(27,28)19-10-15(21)9-16(22)20(19)26;7-3-1-4(8)6(10)5(2-3)13(9,11)12/h3-7,9-10,13,17-18,25-26H,8,11-12,23H2,1-2H3;1-2,10H/t17-,18+;/m0./s1. The smallest absolute Gasteiger partial charge is 0.265 e. The number of sulfonamides is 1. The molecule has 0 saturated heterocycles. The fourth-order valence-corrected chi connectivity index (χ4v) is 7.59. The average Bonchev–Trinajstić information content (AvgIpc) is 2.87. The number of aromatic hydroxyl groups is 2. The molecule has 0 aliphatic carbocycles. The SMILES string of the molecule is CC(C)CN(C[C@@H](O)[C@@H](N)Cc1ccccc1)S(=O)(=O)c1cc(Cl)cc(Cl)c1O.O=S(=O)(Cl)c1cc(Cl)cc(Cl)c1O. The van der Waals surface area contributed by atoms with Gasteiger partial charge in [0.25, 0.3) is 9.05 Å². The Morgan fingerprint density at radius 3 is 1.76 bits per heavy atom. The predicted octanol–water partition coefficient (Wildman–Crippen LogP) is 5.90. The Labute approximate surface area is 269 Å². The van der Waals surface area contributed by atoms with Crippen LogP contribution in [0.2, 0.25) is 20.1 Å². The second kappa shape index (κ2) is 15.5. The van der Waals surface area contributed by atoms with E-state index >= 15 is 0 Å². The first kappa shape index (κ1) is 36.7. The maximum atomic E-state index is 13.2. The van der Waals surface area contributed by atoms with E-state index in [9.17, 15) is 32.2 Å². The minimum atomic E-state index is -4.17. The fourth-order valence-electron chi connectivity index (χ4n) is 3.65. The van der Waals surface area contributed by atoms with Gasteiger partial charge in [0.2, 0.25) is 10.0 Å². The molecule has 0 aliphatic heterocycles. The number of halogens is 5. The summed E-state index contributed by atoms with van der Waals surface area (Å²) in [7, 11) is -3.20. The Bertz CT molecular complexity index is 1590. The van der Waals surface area contributed by atoms with Crippen LogP contribution in [0, 0.1) is 5.92 Å². The van der Waals surface area contributed by atoms with Crippen molar-refractivity contribution in [1.29, 1.82) is 0 Å². The summed E-state index contributed by atoms with van der Waals surface area (Å²) in [5.74, 6) is -1.20. The van der Waals surface area contributed by atoms with Gasteiger partial charge in [-0.25, -0.2) is 16.8 Å². The summed E-state index contributed by atoms with van der Waals surface area (Å²) < 4.78 is 49.2. The number of benzene rings is 3. The number of rotatable bonds is 10. The maximum Gasteiger partial charge on any atom is 0.265 e. The van der Waals surface area contributed by atoms with Gasteiger partial charge in [-0.15, -0.1) is 0 Å². The number of hydrogen-bond acceptors (Lipinski definition) is 8. The van der Waals surface area contributed by atoms with Crippen molar-refractivity contribution >= 4 is 76.2 Å². The number of nitrogens with zero attached hydrogens (tertiary/aromatic N) is 1. The quantitative estimate of drug-likeness (QED) is 0.188. The third-order valence-corrected chi connectivity index (χ3v) is 9.83. The molecule has 3 rings (SSSR count). The summed E-state index contributed by atoms with van der Waals surface area (Å²) in [6, 6.07) is 13.4. The molecule has 5 N–H and O–H groups in total. The lowest BCUT2D eigenvalue weighted by Crippen LogP contribution is -2.47. The summed E-state index contributed by atoms with van der Waals surface area (Å²) in [6.07, 6.45) is -0.716. The normalized spacial score (nSPS) is 13.5. The van der Waals surface area contributed by atoms with E-state index in [1.807, 2.05) is 44.2 Å². The van der Waals surface area contributed by atoms with Crippen LogP contribution in [-0.4, -0.2) is 61.7 Å². The van der Waals surface area contributed by atoms with E-state index in [0.717, 1.165) is 22.0 Å². The number of nitrogens with two attached hydrogens (primary N) is 1. The molecule has 0 aromatic heterocycles. The van der Waals surface area contributed by atoms with Crippen LogP contribution >= 0.6 is 57.1 Å². The average molecular weight is 723 g/mol. The summed E-state index contributed by atoms with van der Waals surface area (Å²) in [6.45, 7) is 3.60. The van der Waals surface area contributed by atoms with Gasteiger partial charge in [0, 0.05) is 39.9 Å². The van der Waals surface area contributed by atoms with Crippen molar-refractivity contribution < 1.29 is 32.2 Å². The van der Waals surface area contributed by atoms with E-state index in [-0.39, 0.29) is 39.1 Å². The molecule has 0 saturated carbocycles. The lowest BCUT2D eigenvalue weighted by molar-refractivity contribution is 0.116. The molecule has 232 valence electrons. The third kappa shape index (κ3) is 10.3. The van der Waals surface area contributed by atoms with Crippen LogP contribution in [0.25, 0.3) is 0 Å². The molecule has 0 amide bonds. The van der Waals surface area contributed by atoms with Crippen LogP contribution < -0.4 is 5.73 Å². The highest BCUT2D eigenvalue weighted by atomic mass is 35.7. The second-order valence-corrected chi connectivity index (χ2v) is 15.7. The third-order valence-electron chi connectivity index (χ3n) is 5.63. The Morgan fingerprint density at radius 2 is 1.29 bits per heavy atom. The van der Waals surface area contributed by atoms with Crippen LogP contribution in [0.5, 0.6) is 11.5 Å². The van der Waals surface area contributed by atoms with Gasteiger partial charge in [0.15, 0.2) is 11.5 Å². The Morgan fingerprint density at radius 1 is 0.810 bits per heavy atom. The first-order chi connectivity index (χ1) is 19.3. The molecule has 0 bridgehead atoms. The van der Waals surface area contributed by atoms with Crippen LogP contribution in [0.1, 0.15) is 19.4 Å². The van der Waals surface area contributed by atoms with Crippen molar-refractivity contribution in [2.75, 3.05) is 13.1 Å². The summed E-state index contributed by atoms with van der Waals surface area (Å²) >= 11 is 22.8. The van der Waals surface area contributed by atoms with Crippen LogP contribution in [0.3, 0.4) is 0 Å². The molecule has 0 aliphatic rings. The van der Waals surface area contributed by atoms with Crippen molar-refractivity contribution in [3.8, 4) is 11.5 Å². The zero-order chi connectivity index (χ0) is 32.0. The van der Waals surface area contributed by atoms with E-state index in [4.69, 9.17) is 62.8 Å². The van der Waals surface area contributed by atoms with Gasteiger partial charge in [0.05, 0.1) is 16.1 Å². The molecule has 0 fully saturated rings. The lowest BCUT2D eigenvalue weighted by Gasteiger charge is -2.29. The van der Waals surface area contributed by atoms with Gasteiger partial charge < -0.3 is 21.1 Å². The molecule has 0 spiro atoms. The molecule has 2 atom stereocenters. The van der Waals surface area contributed by atoms with Gasteiger partial charge in [-0.05, 0) is 42.2 Å². The van der Waals surface area contributed by atoms with Crippen molar-refractivity contribution in [1.82, 2.24) is 4.31 Å². The molecule has 42 heavy (non-hydrogen) atoms. The molecule has 9 nitrogen and oxygen atoms in total. The van der Waals surface area contributed by atoms with Gasteiger partial charge >= 0.3 is 0 Å². The van der Waals surface area contributed by atoms with Crippen molar-refractivity contribution in [2.24, 2.45) is 11.7 Å². The molecular formula is C26H29Cl5N2O7S2. The number of aliphatic hydroxyl groups is 1.